The van der Waals surface area contributed by atoms with Crippen LogP contribution in [0.5, 0.6) is 0 Å². The number of hydrogen-bond donors (Lipinski definition) is 1. The van der Waals surface area contributed by atoms with E-state index in [2.05, 4.69) is 5.32 Å². The summed E-state index contributed by atoms with van der Waals surface area (Å²) in [5.74, 6) is -0.375. The van der Waals surface area contributed by atoms with Gasteiger partial charge in [0.05, 0.1) is 5.52 Å². The van der Waals surface area contributed by atoms with Gasteiger partial charge in [0.25, 0.3) is 5.91 Å². The smallest absolute Gasteiger partial charge is 0.261 e. The van der Waals surface area contributed by atoms with E-state index in [4.69, 9.17) is 0 Å². The molecule has 1 heterocycles. The first-order valence-corrected chi connectivity index (χ1v) is 8.02. The maximum absolute atomic E-state index is 12.7. The van der Waals surface area contributed by atoms with E-state index in [9.17, 15) is 9.59 Å². The highest BCUT2D eigenvalue weighted by Crippen LogP contribution is 2.17. The van der Waals surface area contributed by atoms with Crippen molar-refractivity contribution in [2.75, 3.05) is 5.32 Å². The van der Waals surface area contributed by atoms with E-state index >= 15 is 0 Å². The molecule has 0 saturated carbocycles. The molecule has 122 valence electrons. The first-order valence-electron chi connectivity index (χ1n) is 8.02. The lowest BCUT2D eigenvalue weighted by atomic mass is 10.1. The largest absolute Gasteiger partial charge is 0.347 e. The molecule has 0 atom stereocenters. The van der Waals surface area contributed by atoms with Gasteiger partial charge >= 0.3 is 0 Å². The first-order chi connectivity index (χ1) is 11.5. The van der Waals surface area contributed by atoms with Crippen molar-refractivity contribution in [3.05, 3.63) is 75.6 Å². The zero-order valence-electron chi connectivity index (χ0n) is 14.1. The van der Waals surface area contributed by atoms with Crippen LogP contribution in [0.2, 0.25) is 0 Å². The molecule has 2 aromatic carbocycles. The number of hydrogen-bond acceptors (Lipinski definition) is 2. The summed E-state index contributed by atoms with van der Waals surface area (Å²) in [5.41, 5.74) is 3.59. The van der Waals surface area contributed by atoms with Crippen molar-refractivity contribution in [1.82, 2.24) is 4.57 Å². The number of fused-ring (bicyclic) bond motifs is 1. The Hall–Kier alpha value is -2.88. The SMILES string of the molecule is CCn1cc(C(=O)Nc2ccc(C)cc2C)c(=O)c2ccccc21. The third-order valence-corrected chi connectivity index (χ3v) is 4.20. The number of nitrogens with one attached hydrogen (secondary N) is 1. The molecule has 0 spiro atoms. The van der Waals surface area contributed by atoms with E-state index in [1.807, 2.05) is 61.7 Å². The summed E-state index contributed by atoms with van der Waals surface area (Å²) in [6.07, 6.45) is 1.64. The zero-order chi connectivity index (χ0) is 17.3. The summed E-state index contributed by atoms with van der Waals surface area (Å²) in [5, 5.41) is 3.42. The molecular weight excluding hydrogens is 300 g/mol. The summed E-state index contributed by atoms with van der Waals surface area (Å²) < 4.78 is 1.92. The quantitative estimate of drug-likeness (QED) is 0.796. The lowest BCUT2D eigenvalue weighted by Crippen LogP contribution is -2.24. The second-order valence-corrected chi connectivity index (χ2v) is 5.95. The van der Waals surface area contributed by atoms with E-state index in [-0.39, 0.29) is 16.9 Å². The number of aromatic nitrogens is 1. The van der Waals surface area contributed by atoms with Gasteiger partial charge < -0.3 is 9.88 Å². The number of carbonyl (C=O) groups excluding carboxylic acids is 1. The standard InChI is InChI=1S/C20H20N2O2/c1-4-22-12-16(19(23)15-7-5-6-8-18(15)22)20(24)21-17-10-9-13(2)11-14(17)3/h5-12H,4H2,1-3H3,(H,21,24). The van der Waals surface area contributed by atoms with Crippen molar-refractivity contribution in [2.24, 2.45) is 0 Å². The number of anilines is 1. The molecule has 1 aromatic heterocycles. The number of benzene rings is 2. The predicted molar refractivity (Wildman–Crippen MR) is 97.8 cm³/mol. The molecule has 0 aliphatic heterocycles. The number of carbonyl (C=O) groups is 1. The van der Waals surface area contributed by atoms with Crippen LogP contribution >= 0.6 is 0 Å². The molecule has 4 nitrogen and oxygen atoms in total. The van der Waals surface area contributed by atoms with Crippen LogP contribution in [0.15, 0.2) is 53.5 Å². The van der Waals surface area contributed by atoms with Crippen LogP contribution in [0.3, 0.4) is 0 Å². The van der Waals surface area contributed by atoms with Crippen LogP contribution in [-0.4, -0.2) is 10.5 Å². The Balaban J connectivity index is 2.07. The molecule has 0 radical (unpaired) electrons. The minimum absolute atomic E-state index is 0.163. The van der Waals surface area contributed by atoms with Crippen LogP contribution in [0.25, 0.3) is 10.9 Å². The summed E-state index contributed by atoms with van der Waals surface area (Å²) in [4.78, 5) is 25.4. The summed E-state index contributed by atoms with van der Waals surface area (Å²) in [7, 11) is 0. The molecule has 0 fully saturated rings. The zero-order valence-corrected chi connectivity index (χ0v) is 14.1. The van der Waals surface area contributed by atoms with Crippen molar-refractivity contribution in [3.63, 3.8) is 0 Å². The monoisotopic (exact) mass is 320 g/mol. The van der Waals surface area contributed by atoms with Crippen LogP contribution in [0.1, 0.15) is 28.4 Å². The number of aryl methyl sites for hydroxylation is 3. The van der Waals surface area contributed by atoms with Gasteiger partial charge in [-0.25, -0.2) is 0 Å². The van der Waals surface area contributed by atoms with Gasteiger partial charge in [-0.3, -0.25) is 9.59 Å². The van der Waals surface area contributed by atoms with E-state index < -0.39 is 0 Å². The fourth-order valence-electron chi connectivity index (χ4n) is 2.91. The van der Waals surface area contributed by atoms with E-state index in [1.54, 1.807) is 12.3 Å². The number of rotatable bonds is 3. The highest BCUT2D eigenvalue weighted by atomic mass is 16.2. The van der Waals surface area contributed by atoms with Crippen LogP contribution in [0.4, 0.5) is 5.69 Å². The number of nitrogens with zero attached hydrogens (tertiary/aromatic N) is 1. The highest BCUT2D eigenvalue weighted by molar-refractivity contribution is 6.06. The summed E-state index contributed by atoms with van der Waals surface area (Å²) in [6, 6.07) is 13.2. The average molecular weight is 320 g/mol. The second-order valence-electron chi connectivity index (χ2n) is 5.95. The molecule has 1 amide bonds. The first kappa shape index (κ1) is 16.0. The van der Waals surface area contributed by atoms with Crippen molar-refractivity contribution in [1.29, 1.82) is 0 Å². The third kappa shape index (κ3) is 2.83. The molecule has 24 heavy (non-hydrogen) atoms. The van der Waals surface area contributed by atoms with Crippen molar-refractivity contribution >= 4 is 22.5 Å². The molecule has 3 rings (SSSR count). The Morgan fingerprint density at radius 3 is 2.58 bits per heavy atom. The fourth-order valence-corrected chi connectivity index (χ4v) is 2.91. The van der Waals surface area contributed by atoms with Gasteiger partial charge in [0.1, 0.15) is 5.56 Å². The Bertz CT molecular complexity index is 987. The molecule has 0 aliphatic carbocycles. The molecule has 1 N–H and O–H groups in total. The molecule has 0 unspecified atom stereocenters. The van der Waals surface area contributed by atoms with E-state index in [1.165, 1.54) is 0 Å². The van der Waals surface area contributed by atoms with Gasteiger partial charge in [0.15, 0.2) is 0 Å². The van der Waals surface area contributed by atoms with Gasteiger partial charge in [-0.15, -0.1) is 0 Å². The van der Waals surface area contributed by atoms with Crippen molar-refractivity contribution in [3.8, 4) is 0 Å². The molecule has 3 aromatic rings. The molecule has 0 bridgehead atoms. The molecule has 0 aliphatic rings. The minimum Gasteiger partial charge on any atom is -0.347 e. The number of para-hydroxylation sites is 1. The topological polar surface area (TPSA) is 51.1 Å². The lowest BCUT2D eigenvalue weighted by molar-refractivity contribution is 0.102. The van der Waals surface area contributed by atoms with E-state index in [0.29, 0.717) is 11.9 Å². The van der Waals surface area contributed by atoms with Gasteiger partial charge in [-0.2, -0.15) is 0 Å². The normalized spacial score (nSPS) is 10.8. The van der Waals surface area contributed by atoms with Gasteiger partial charge in [-0.1, -0.05) is 29.8 Å². The molecular formula is C20H20N2O2. The van der Waals surface area contributed by atoms with Crippen molar-refractivity contribution in [2.45, 2.75) is 27.3 Å². The molecule has 4 heteroatoms. The van der Waals surface area contributed by atoms with Crippen molar-refractivity contribution < 1.29 is 4.79 Å². The summed E-state index contributed by atoms with van der Waals surface area (Å²) >= 11 is 0. The third-order valence-electron chi connectivity index (χ3n) is 4.20. The minimum atomic E-state index is -0.375. The Morgan fingerprint density at radius 2 is 1.88 bits per heavy atom. The average Bonchev–Trinajstić information content (AvgIpc) is 2.58. The van der Waals surface area contributed by atoms with Gasteiger partial charge in [0, 0.05) is 23.8 Å². The Labute approximate surface area is 140 Å². The lowest BCUT2D eigenvalue weighted by Gasteiger charge is -2.13. The van der Waals surface area contributed by atoms with Crippen LogP contribution in [-0.2, 0) is 6.54 Å². The molecule has 0 saturated heterocycles. The van der Waals surface area contributed by atoms with Crippen LogP contribution < -0.4 is 10.7 Å². The predicted octanol–water partition coefficient (Wildman–Crippen LogP) is 3.89. The van der Waals surface area contributed by atoms with Crippen LogP contribution in [0, 0.1) is 13.8 Å². The Kier molecular flexibility index (Phi) is 4.21. The van der Waals surface area contributed by atoms with E-state index in [0.717, 1.165) is 22.3 Å². The van der Waals surface area contributed by atoms with Gasteiger partial charge in [-0.05, 0) is 44.5 Å². The summed E-state index contributed by atoms with van der Waals surface area (Å²) in [6.45, 7) is 6.61. The Morgan fingerprint density at radius 1 is 1.12 bits per heavy atom. The van der Waals surface area contributed by atoms with Gasteiger partial charge in [0.2, 0.25) is 5.43 Å². The maximum Gasteiger partial charge on any atom is 0.261 e. The highest BCUT2D eigenvalue weighted by Gasteiger charge is 2.15. The maximum atomic E-state index is 12.7. The fraction of sp³-hybridized carbons (Fsp3) is 0.200. The second kappa shape index (κ2) is 6.32. The number of amides is 1. The number of pyridine rings is 1.